The SMILES string of the molecule is C[C@@H](O)COC1CCOC1. The minimum absolute atomic E-state index is 0.217. The third kappa shape index (κ3) is 2.64. The Labute approximate surface area is 60.9 Å². The monoisotopic (exact) mass is 146 g/mol. The number of ether oxygens (including phenoxy) is 2. The molecule has 2 atom stereocenters. The van der Waals surface area contributed by atoms with Crippen LogP contribution in [0.15, 0.2) is 0 Å². The van der Waals surface area contributed by atoms with Crippen LogP contribution in [0.2, 0.25) is 0 Å². The first kappa shape index (κ1) is 7.98. The van der Waals surface area contributed by atoms with Gasteiger partial charge in [0.1, 0.15) is 0 Å². The summed E-state index contributed by atoms with van der Waals surface area (Å²) >= 11 is 0. The van der Waals surface area contributed by atoms with Gasteiger partial charge in [-0.25, -0.2) is 0 Å². The zero-order valence-corrected chi connectivity index (χ0v) is 6.25. The van der Waals surface area contributed by atoms with Crippen LogP contribution >= 0.6 is 0 Å². The first-order valence-corrected chi connectivity index (χ1v) is 3.66. The quantitative estimate of drug-likeness (QED) is 0.617. The highest BCUT2D eigenvalue weighted by atomic mass is 16.5. The lowest BCUT2D eigenvalue weighted by molar-refractivity contribution is -0.00602. The zero-order chi connectivity index (χ0) is 7.40. The van der Waals surface area contributed by atoms with Gasteiger partial charge in [0, 0.05) is 6.61 Å². The van der Waals surface area contributed by atoms with E-state index in [4.69, 9.17) is 14.6 Å². The van der Waals surface area contributed by atoms with Crippen molar-refractivity contribution in [3.05, 3.63) is 0 Å². The van der Waals surface area contributed by atoms with Gasteiger partial charge in [-0.05, 0) is 13.3 Å². The van der Waals surface area contributed by atoms with Crippen LogP contribution in [-0.4, -0.2) is 37.1 Å². The average molecular weight is 146 g/mol. The Hall–Kier alpha value is -0.120. The molecule has 1 unspecified atom stereocenters. The second-order valence-electron chi connectivity index (χ2n) is 2.67. The van der Waals surface area contributed by atoms with Crippen molar-refractivity contribution in [3.8, 4) is 0 Å². The van der Waals surface area contributed by atoms with Crippen molar-refractivity contribution in [3.63, 3.8) is 0 Å². The Morgan fingerprint density at radius 3 is 3.10 bits per heavy atom. The van der Waals surface area contributed by atoms with Crippen molar-refractivity contribution >= 4 is 0 Å². The van der Waals surface area contributed by atoms with Gasteiger partial charge in [0.25, 0.3) is 0 Å². The van der Waals surface area contributed by atoms with E-state index >= 15 is 0 Å². The molecule has 0 bridgehead atoms. The van der Waals surface area contributed by atoms with Crippen LogP contribution in [0.4, 0.5) is 0 Å². The van der Waals surface area contributed by atoms with E-state index in [0.717, 1.165) is 13.0 Å². The van der Waals surface area contributed by atoms with E-state index in [1.807, 2.05) is 0 Å². The molecule has 1 saturated heterocycles. The van der Waals surface area contributed by atoms with Crippen LogP contribution in [0, 0.1) is 0 Å². The molecule has 1 rings (SSSR count). The lowest BCUT2D eigenvalue weighted by atomic mass is 10.3. The van der Waals surface area contributed by atoms with Crippen LogP contribution < -0.4 is 0 Å². The summed E-state index contributed by atoms with van der Waals surface area (Å²) in [6.45, 7) is 3.63. The smallest absolute Gasteiger partial charge is 0.0831 e. The van der Waals surface area contributed by atoms with Gasteiger partial charge in [-0.2, -0.15) is 0 Å². The average Bonchev–Trinajstić information content (AvgIpc) is 2.34. The van der Waals surface area contributed by atoms with E-state index in [2.05, 4.69) is 0 Å². The molecule has 1 aliphatic heterocycles. The summed E-state index contributed by atoms with van der Waals surface area (Å²) in [5.74, 6) is 0. The maximum atomic E-state index is 8.85. The van der Waals surface area contributed by atoms with Crippen LogP contribution in [-0.2, 0) is 9.47 Å². The lowest BCUT2D eigenvalue weighted by Gasteiger charge is -2.10. The van der Waals surface area contributed by atoms with Gasteiger partial charge in [0.15, 0.2) is 0 Å². The van der Waals surface area contributed by atoms with Gasteiger partial charge in [-0.3, -0.25) is 0 Å². The number of aliphatic hydroxyl groups excluding tert-OH is 1. The second-order valence-corrected chi connectivity index (χ2v) is 2.67. The van der Waals surface area contributed by atoms with Crippen LogP contribution in [0.3, 0.4) is 0 Å². The Morgan fingerprint density at radius 2 is 2.60 bits per heavy atom. The third-order valence-electron chi connectivity index (χ3n) is 1.46. The third-order valence-corrected chi connectivity index (χ3v) is 1.46. The largest absolute Gasteiger partial charge is 0.391 e. The van der Waals surface area contributed by atoms with E-state index in [0.29, 0.717) is 13.2 Å². The molecule has 1 fully saturated rings. The molecule has 0 saturated carbocycles. The van der Waals surface area contributed by atoms with Gasteiger partial charge in [-0.1, -0.05) is 0 Å². The molecule has 1 heterocycles. The van der Waals surface area contributed by atoms with Gasteiger partial charge in [0.2, 0.25) is 0 Å². The Kier molecular flexibility index (Phi) is 3.12. The van der Waals surface area contributed by atoms with Gasteiger partial charge >= 0.3 is 0 Å². The molecule has 1 N–H and O–H groups in total. The summed E-state index contributed by atoms with van der Waals surface area (Å²) in [6, 6.07) is 0. The van der Waals surface area contributed by atoms with Crippen molar-refractivity contribution in [2.24, 2.45) is 0 Å². The normalized spacial score (nSPS) is 28.8. The maximum absolute atomic E-state index is 8.85. The minimum atomic E-state index is -0.361. The second kappa shape index (κ2) is 3.91. The molecule has 3 nitrogen and oxygen atoms in total. The van der Waals surface area contributed by atoms with Gasteiger partial charge < -0.3 is 14.6 Å². The summed E-state index contributed by atoms with van der Waals surface area (Å²) in [5, 5.41) is 8.85. The number of hydrogen-bond acceptors (Lipinski definition) is 3. The Balaban J connectivity index is 2.01. The first-order chi connectivity index (χ1) is 4.79. The summed E-state index contributed by atoms with van der Waals surface area (Å²) < 4.78 is 10.4. The maximum Gasteiger partial charge on any atom is 0.0831 e. The molecule has 0 aliphatic carbocycles. The topological polar surface area (TPSA) is 38.7 Å². The molecule has 60 valence electrons. The minimum Gasteiger partial charge on any atom is -0.391 e. The molecule has 0 aromatic heterocycles. The van der Waals surface area contributed by atoms with Crippen molar-refractivity contribution in [1.82, 2.24) is 0 Å². The number of rotatable bonds is 3. The highest BCUT2D eigenvalue weighted by Gasteiger charge is 2.15. The Bertz CT molecular complexity index is 86.9. The highest BCUT2D eigenvalue weighted by molar-refractivity contribution is 4.63. The van der Waals surface area contributed by atoms with Crippen LogP contribution in [0.5, 0.6) is 0 Å². The molecule has 0 aromatic rings. The highest BCUT2D eigenvalue weighted by Crippen LogP contribution is 2.07. The fourth-order valence-corrected chi connectivity index (χ4v) is 0.920. The summed E-state index contributed by atoms with van der Waals surface area (Å²) in [6.07, 6.45) is 0.822. The van der Waals surface area contributed by atoms with Crippen LogP contribution in [0.25, 0.3) is 0 Å². The lowest BCUT2D eigenvalue weighted by Crippen LogP contribution is -2.19. The van der Waals surface area contributed by atoms with E-state index in [1.165, 1.54) is 0 Å². The van der Waals surface area contributed by atoms with Gasteiger partial charge in [0.05, 0.1) is 25.4 Å². The number of aliphatic hydroxyl groups is 1. The van der Waals surface area contributed by atoms with Crippen molar-refractivity contribution in [2.45, 2.75) is 25.6 Å². The van der Waals surface area contributed by atoms with Crippen molar-refractivity contribution < 1.29 is 14.6 Å². The molecular formula is C7H14O3. The van der Waals surface area contributed by atoms with E-state index in [-0.39, 0.29) is 12.2 Å². The van der Waals surface area contributed by atoms with Crippen molar-refractivity contribution in [2.75, 3.05) is 19.8 Å². The predicted octanol–water partition coefficient (Wildman–Crippen LogP) is 0.173. The first-order valence-electron chi connectivity index (χ1n) is 3.66. The zero-order valence-electron chi connectivity index (χ0n) is 6.25. The Morgan fingerprint density at radius 1 is 1.80 bits per heavy atom. The number of hydrogen-bond donors (Lipinski definition) is 1. The van der Waals surface area contributed by atoms with E-state index in [9.17, 15) is 0 Å². The molecule has 0 radical (unpaired) electrons. The fraction of sp³-hybridized carbons (Fsp3) is 1.00. The summed E-state index contributed by atoms with van der Waals surface area (Å²) in [5.41, 5.74) is 0. The summed E-state index contributed by atoms with van der Waals surface area (Å²) in [7, 11) is 0. The molecule has 0 aromatic carbocycles. The predicted molar refractivity (Wildman–Crippen MR) is 36.9 cm³/mol. The fourth-order valence-electron chi connectivity index (χ4n) is 0.920. The van der Waals surface area contributed by atoms with E-state index < -0.39 is 0 Å². The molecule has 3 heteroatoms. The molecule has 0 amide bonds. The molecule has 1 aliphatic rings. The molecule has 0 spiro atoms. The van der Waals surface area contributed by atoms with Crippen LogP contribution in [0.1, 0.15) is 13.3 Å². The molecular weight excluding hydrogens is 132 g/mol. The summed E-state index contributed by atoms with van der Waals surface area (Å²) in [4.78, 5) is 0. The molecule has 10 heavy (non-hydrogen) atoms. The van der Waals surface area contributed by atoms with E-state index in [1.54, 1.807) is 6.92 Å². The van der Waals surface area contributed by atoms with Crippen molar-refractivity contribution in [1.29, 1.82) is 0 Å². The van der Waals surface area contributed by atoms with Gasteiger partial charge in [-0.15, -0.1) is 0 Å². The standard InChI is InChI=1S/C7H14O3/c1-6(8)4-10-7-2-3-9-5-7/h6-8H,2-5H2,1H3/t6-,7?/m1/s1.